The average molecular weight is 314 g/mol. The van der Waals surface area contributed by atoms with Gasteiger partial charge in [0.2, 0.25) is 0 Å². The molecule has 2 heterocycles. The van der Waals surface area contributed by atoms with Crippen LogP contribution in [0.4, 0.5) is 10.6 Å². The molecule has 0 spiro atoms. The number of carbonyl (C=O) groups is 1. The molecule has 2 atom stereocenters. The van der Waals surface area contributed by atoms with Gasteiger partial charge in [-0.2, -0.15) is 5.10 Å². The number of urea groups is 1. The Morgan fingerprint density at radius 1 is 1.22 bits per heavy atom. The molecule has 1 aliphatic heterocycles. The Labute approximate surface area is 136 Å². The highest BCUT2D eigenvalue weighted by Gasteiger charge is 2.26. The third kappa shape index (κ3) is 3.53. The second-order valence-electron chi connectivity index (χ2n) is 6.00. The van der Waals surface area contributed by atoms with Crippen LogP contribution < -0.4 is 5.32 Å². The number of ether oxygens (including phenoxy) is 1. The maximum absolute atomic E-state index is 12.4. The molecule has 23 heavy (non-hydrogen) atoms. The van der Waals surface area contributed by atoms with Crippen molar-refractivity contribution < 1.29 is 9.53 Å². The number of aryl methyl sites for hydroxylation is 1. The molecule has 2 aromatic rings. The number of amides is 2. The molecule has 0 saturated carbocycles. The SMILES string of the molecule is CC1CN(C(=O)Nc2cc(-c3ccccc3)n(C)n2)CC(C)O1. The number of nitrogens with zero attached hydrogens (tertiary/aromatic N) is 3. The van der Waals surface area contributed by atoms with Gasteiger partial charge in [0.1, 0.15) is 0 Å². The van der Waals surface area contributed by atoms with Crippen molar-refractivity contribution in [2.45, 2.75) is 26.1 Å². The molecule has 1 aromatic heterocycles. The van der Waals surface area contributed by atoms with E-state index in [0.29, 0.717) is 18.9 Å². The van der Waals surface area contributed by atoms with Gasteiger partial charge < -0.3 is 9.64 Å². The molecular formula is C17H22N4O2. The summed E-state index contributed by atoms with van der Waals surface area (Å²) in [6.07, 6.45) is 0.0984. The van der Waals surface area contributed by atoms with Crippen molar-refractivity contribution in [1.82, 2.24) is 14.7 Å². The van der Waals surface area contributed by atoms with E-state index in [-0.39, 0.29) is 18.2 Å². The quantitative estimate of drug-likeness (QED) is 0.927. The lowest BCUT2D eigenvalue weighted by molar-refractivity contribution is -0.0530. The van der Waals surface area contributed by atoms with Gasteiger partial charge in [0, 0.05) is 26.2 Å². The zero-order chi connectivity index (χ0) is 16.4. The van der Waals surface area contributed by atoms with E-state index >= 15 is 0 Å². The number of hydrogen-bond acceptors (Lipinski definition) is 3. The van der Waals surface area contributed by atoms with Gasteiger partial charge in [-0.15, -0.1) is 0 Å². The van der Waals surface area contributed by atoms with Gasteiger partial charge in [0.25, 0.3) is 0 Å². The van der Waals surface area contributed by atoms with Gasteiger partial charge in [-0.25, -0.2) is 4.79 Å². The van der Waals surface area contributed by atoms with E-state index in [1.165, 1.54) is 0 Å². The van der Waals surface area contributed by atoms with Gasteiger partial charge in [-0.1, -0.05) is 30.3 Å². The molecule has 0 bridgehead atoms. The van der Waals surface area contributed by atoms with Crippen LogP contribution in [0.1, 0.15) is 13.8 Å². The Hall–Kier alpha value is -2.34. The fourth-order valence-corrected chi connectivity index (χ4v) is 2.94. The number of morpholine rings is 1. The van der Waals surface area contributed by atoms with Gasteiger partial charge >= 0.3 is 6.03 Å². The maximum Gasteiger partial charge on any atom is 0.323 e. The minimum Gasteiger partial charge on any atom is -0.372 e. The number of nitrogens with one attached hydrogen (secondary N) is 1. The van der Waals surface area contributed by atoms with Crippen LogP contribution in [0.3, 0.4) is 0 Å². The highest BCUT2D eigenvalue weighted by molar-refractivity contribution is 5.89. The Morgan fingerprint density at radius 2 is 1.87 bits per heavy atom. The summed E-state index contributed by atoms with van der Waals surface area (Å²) < 4.78 is 7.43. The summed E-state index contributed by atoms with van der Waals surface area (Å²) in [7, 11) is 1.87. The van der Waals surface area contributed by atoms with E-state index in [4.69, 9.17) is 4.74 Å². The molecule has 122 valence electrons. The van der Waals surface area contributed by atoms with Crippen LogP contribution in [0.25, 0.3) is 11.3 Å². The van der Waals surface area contributed by atoms with Crippen LogP contribution in [-0.4, -0.2) is 46.0 Å². The normalized spacial score (nSPS) is 21.3. The van der Waals surface area contributed by atoms with Crippen molar-refractivity contribution in [3.8, 4) is 11.3 Å². The Bertz CT molecular complexity index is 673. The molecule has 1 aliphatic rings. The summed E-state index contributed by atoms with van der Waals surface area (Å²) in [5, 5.41) is 7.27. The lowest BCUT2D eigenvalue weighted by Gasteiger charge is -2.35. The maximum atomic E-state index is 12.4. The number of carbonyl (C=O) groups excluding carboxylic acids is 1. The van der Waals surface area contributed by atoms with E-state index in [2.05, 4.69) is 10.4 Å². The molecule has 2 amide bonds. The molecule has 1 saturated heterocycles. The molecule has 6 nitrogen and oxygen atoms in total. The fraction of sp³-hybridized carbons (Fsp3) is 0.412. The van der Waals surface area contributed by atoms with Crippen molar-refractivity contribution in [2.75, 3.05) is 18.4 Å². The molecule has 0 radical (unpaired) electrons. The summed E-state index contributed by atoms with van der Waals surface area (Å²) in [6.45, 7) is 5.14. The summed E-state index contributed by atoms with van der Waals surface area (Å²) >= 11 is 0. The average Bonchev–Trinajstić information content (AvgIpc) is 2.87. The predicted octanol–water partition coefficient (Wildman–Crippen LogP) is 2.73. The third-order valence-corrected chi connectivity index (χ3v) is 3.89. The zero-order valence-electron chi connectivity index (χ0n) is 13.7. The first-order valence-corrected chi connectivity index (χ1v) is 7.84. The molecule has 1 aromatic carbocycles. The van der Waals surface area contributed by atoms with E-state index < -0.39 is 0 Å². The summed E-state index contributed by atoms with van der Waals surface area (Å²) in [4.78, 5) is 14.2. The topological polar surface area (TPSA) is 59.4 Å². The van der Waals surface area contributed by atoms with Crippen molar-refractivity contribution in [3.63, 3.8) is 0 Å². The van der Waals surface area contributed by atoms with Crippen LogP contribution in [-0.2, 0) is 11.8 Å². The number of rotatable bonds is 2. The summed E-state index contributed by atoms with van der Waals surface area (Å²) in [5.41, 5.74) is 2.03. The van der Waals surface area contributed by atoms with Gasteiger partial charge in [0.05, 0.1) is 17.9 Å². The van der Waals surface area contributed by atoms with Crippen LogP contribution in [0.2, 0.25) is 0 Å². The molecule has 1 N–H and O–H groups in total. The van der Waals surface area contributed by atoms with Crippen molar-refractivity contribution in [2.24, 2.45) is 7.05 Å². The van der Waals surface area contributed by atoms with E-state index in [1.807, 2.05) is 57.3 Å². The zero-order valence-corrected chi connectivity index (χ0v) is 13.7. The van der Waals surface area contributed by atoms with Gasteiger partial charge in [-0.05, 0) is 19.4 Å². The Morgan fingerprint density at radius 3 is 2.52 bits per heavy atom. The highest BCUT2D eigenvalue weighted by Crippen LogP contribution is 2.22. The van der Waals surface area contributed by atoms with E-state index in [9.17, 15) is 4.79 Å². The summed E-state index contributed by atoms with van der Waals surface area (Å²) in [6, 6.07) is 11.7. The van der Waals surface area contributed by atoms with Crippen LogP contribution in [0.5, 0.6) is 0 Å². The molecule has 2 unspecified atom stereocenters. The first kappa shape index (κ1) is 15.6. The van der Waals surface area contributed by atoms with Gasteiger partial charge in [-0.3, -0.25) is 10.00 Å². The molecule has 0 aliphatic carbocycles. The van der Waals surface area contributed by atoms with E-state index in [0.717, 1.165) is 11.3 Å². The summed E-state index contributed by atoms with van der Waals surface area (Å²) in [5.74, 6) is 0.558. The molecule has 6 heteroatoms. The minimum absolute atomic E-state index is 0.0492. The second kappa shape index (κ2) is 6.42. The standard InChI is InChI=1S/C17H22N4O2/c1-12-10-21(11-13(2)23-12)17(22)18-16-9-15(20(3)19-16)14-7-5-4-6-8-14/h4-9,12-13H,10-11H2,1-3H3,(H,18,19,22). The largest absolute Gasteiger partial charge is 0.372 e. The first-order valence-electron chi connectivity index (χ1n) is 7.84. The molecular weight excluding hydrogens is 292 g/mol. The minimum atomic E-state index is -0.135. The highest BCUT2D eigenvalue weighted by atomic mass is 16.5. The number of anilines is 1. The lowest BCUT2D eigenvalue weighted by atomic mass is 10.1. The number of benzene rings is 1. The third-order valence-electron chi connectivity index (χ3n) is 3.89. The predicted molar refractivity (Wildman–Crippen MR) is 89.2 cm³/mol. The van der Waals surface area contributed by atoms with Crippen LogP contribution in [0.15, 0.2) is 36.4 Å². The molecule has 3 rings (SSSR count). The Kier molecular flexibility index (Phi) is 4.34. The fourth-order valence-electron chi connectivity index (χ4n) is 2.94. The monoisotopic (exact) mass is 314 g/mol. The first-order chi connectivity index (χ1) is 11.0. The Balaban J connectivity index is 1.72. The van der Waals surface area contributed by atoms with Crippen molar-refractivity contribution >= 4 is 11.8 Å². The second-order valence-corrected chi connectivity index (χ2v) is 6.00. The smallest absolute Gasteiger partial charge is 0.323 e. The van der Waals surface area contributed by atoms with Crippen molar-refractivity contribution in [3.05, 3.63) is 36.4 Å². The molecule has 1 fully saturated rings. The van der Waals surface area contributed by atoms with Crippen molar-refractivity contribution in [1.29, 1.82) is 0 Å². The van der Waals surface area contributed by atoms with Crippen LogP contribution >= 0.6 is 0 Å². The lowest BCUT2D eigenvalue weighted by Crippen LogP contribution is -2.49. The number of aromatic nitrogens is 2. The van der Waals surface area contributed by atoms with E-state index in [1.54, 1.807) is 9.58 Å². The van der Waals surface area contributed by atoms with Crippen LogP contribution in [0, 0.1) is 0 Å². The number of hydrogen-bond donors (Lipinski definition) is 1. The van der Waals surface area contributed by atoms with Gasteiger partial charge in [0.15, 0.2) is 5.82 Å².